The summed E-state index contributed by atoms with van der Waals surface area (Å²) < 4.78 is 28.5. The van der Waals surface area contributed by atoms with Crippen molar-refractivity contribution in [1.29, 1.82) is 0 Å². The normalized spacial score (nSPS) is 13.5. The Morgan fingerprint density at radius 3 is 2.27 bits per heavy atom. The molecule has 0 N–H and O–H groups in total. The highest BCUT2D eigenvalue weighted by atomic mass is 32.2. The SMILES string of the molecule is CCc1nnc(CN(C)C(C)c2ccc(S(C)(=O)=O)cc2)o1. The Morgan fingerprint density at radius 1 is 1.18 bits per heavy atom. The number of aryl methyl sites for hydroxylation is 1. The van der Waals surface area contributed by atoms with Gasteiger partial charge in [-0.05, 0) is 31.7 Å². The second-order valence-electron chi connectivity index (χ2n) is 5.38. The van der Waals surface area contributed by atoms with Crippen LogP contribution in [0.2, 0.25) is 0 Å². The van der Waals surface area contributed by atoms with Crippen molar-refractivity contribution in [2.24, 2.45) is 0 Å². The van der Waals surface area contributed by atoms with Gasteiger partial charge in [0.15, 0.2) is 9.84 Å². The molecule has 6 nitrogen and oxygen atoms in total. The van der Waals surface area contributed by atoms with Gasteiger partial charge in [-0.25, -0.2) is 8.42 Å². The van der Waals surface area contributed by atoms with E-state index in [-0.39, 0.29) is 6.04 Å². The van der Waals surface area contributed by atoms with Crippen molar-refractivity contribution >= 4 is 9.84 Å². The molecule has 0 amide bonds. The molecule has 1 atom stereocenters. The van der Waals surface area contributed by atoms with Crippen molar-refractivity contribution in [3.63, 3.8) is 0 Å². The van der Waals surface area contributed by atoms with Crippen LogP contribution in [-0.2, 0) is 22.8 Å². The van der Waals surface area contributed by atoms with Crippen LogP contribution in [0, 0.1) is 0 Å². The van der Waals surface area contributed by atoms with E-state index in [1.165, 1.54) is 6.26 Å². The largest absolute Gasteiger partial charge is 0.424 e. The molecule has 1 unspecified atom stereocenters. The summed E-state index contributed by atoms with van der Waals surface area (Å²) in [6.45, 7) is 4.56. The minimum atomic E-state index is -3.16. The summed E-state index contributed by atoms with van der Waals surface area (Å²) in [5, 5.41) is 7.96. The van der Waals surface area contributed by atoms with E-state index in [0.29, 0.717) is 23.2 Å². The maximum absolute atomic E-state index is 11.5. The molecular weight excluding hydrogens is 302 g/mol. The zero-order valence-electron chi connectivity index (χ0n) is 13.3. The zero-order valence-corrected chi connectivity index (χ0v) is 14.1. The van der Waals surface area contributed by atoms with E-state index in [9.17, 15) is 8.42 Å². The lowest BCUT2D eigenvalue weighted by molar-refractivity contribution is 0.226. The molecular formula is C15H21N3O3S. The topological polar surface area (TPSA) is 76.3 Å². The van der Waals surface area contributed by atoms with Crippen molar-refractivity contribution in [2.75, 3.05) is 13.3 Å². The smallest absolute Gasteiger partial charge is 0.230 e. The van der Waals surface area contributed by atoms with Crippen LogP contribution in [0.5, 0.6) is 0 Å². The molecule has 0 aliphatic rings. The summed E-state index contributed by atoms with van der Waals surface area (Å²) in [6.07, 6.45) is 1.93. The van der Waals surface area contributed by atoms with E-state index in [4.69, 9.17) is 4.42 Å². The average Bonchev–Trinajstić information content (AvgIpc) is 2.93. The molecule has 0 saturated heterocycles. The maximum Gasteiger partial charge on any atom is 0.230 e. The molecule has 1 aromatic heterocycles. The number of nitrogens with zero attached hydrogens (tertiary/aromatic N) is 3. The molecule has 0 aliphatic carbocycles. The van der Waals surface area contributed by atoms with E-state index < -0.39 is 9.84 Å². The third-order valence-corrected chi connectivity index (χ3v) is 4.78. The zero-order chi connectivity index (χ0) is 16.3. The van der Waals surface area contributed by atoms with Gasteiger partial charge in [-0.3, -0.25) is 4.90 Å². The first-order valence-corrected chi connectivity index (χ1v) is 9.02. The number of rotatable bonds is 6. The highest BCUT2D eigenvalue weighted by Gasteiger charge is 2.16. The van der Waals surface area contributed by atoms with Crippen molar-refractivity contribution < 1.29 is 12.8 Å². The third kappa shape index (κ3) is 3.92. The highest BCUT2D eigenvalue weighted by Crippen LogP contribution is 2.22. The van der Waals surface area contributed by atoms with Crippen LogP contribution >= 0.6 is 0 Å². The van der Waals surface area contributed by atoms with Crippen LogP contribution in [0.15, 0.2) is 33.6 Å². The standard InChI is InChI=1S/C15H21N3O3S/c1-5-14-16-17-15(21-14)10-18(3)11(2)12-6-8-13(9-7-12)22(4,19)20/h6-9,11H,5,10H2,1-4H3. The quantitative estimate of drug-likeness (QED) is 0.811. The fraction of sp³-hybridized carbons (Fsp3) is 0.467. The second kappa shape index (κ2) is 6.58. The Hall–Kier alpha value is -1.73. The molecule has 120 valence electrons. The Balaban J connectivity index is 2.08. The molecule has 0 fully saturated rings. The fourth-order valence-corrected chi connectivity index (χ4v) is 2.72. The Morgan fingerprint density at radius 2 is 1.77 bits per heavy atom. The molecule has 1 heterocycles. The van der Waals surface area contributed by atoms with E-state index in [1.54, 1.807) is 12.1 Å². The van der Waals surface area contributed by atoms with Gasteiger partial charge >= 0.3 is 0 Å². The first-order valence-electron chi connectivity index (χ1n) is 7.12. The first kappa shape index (κ1) is 16.6. The summed E-state index contributed by atoms with van der Waals surface area (Å²) in [6, 6.07) is 7.05. The molecule has 22 heavy (non-hydrogen) atoms. The predicted octanol–water partition coefficient (Wildman–Crippen LogP) is 2.23. The summed E-state index contributed by atoms with van der Waals surface area (Å²) >= 11 is 0. The van der Waals surface area contributed by atoms with Gasteiger partial charge in [0.25, 0.3) is 0 Å². The second-order valence-corrected chi connectivity index (χ2v) is 7.39. The van der Waals surface area contributed by atoms with E-state index in [1.807, 2.05) is 33.0 Å². The highest BCUT2D eigenvalue weighted by molar-refractivity contribution is 7.90. The van der Waals surface area contributed by atoms with Gasteiger partial charge in [-0.1, -0.05) is 19.1 Å². The van der Waals surface area contributed by atoms with Crippen LogP contribution in [-0.4, -0.2) is 36.8 Å². The number of sulfone groups is 1. The van der Waals surface area contributed by atoms with Gasteiger partial charge in [-0.15, -0.1) is 10.2 Å². The van der Waals surface area contributed by atoms with Gasteiger partial charge in [-0.2, -0.15) is 0 Å². The minimum Gasteiger partial charge on any atom is -0.424 e. The van der Waals surface area contributed by atoms with Crippen LogP contribution in [0.25, 0.3) is 0 Å². The van der Waals surface area contributed by atoms with Gasteiger partial charge < -0.3 is 4.42 Å². The Bertz CT molecular complexity index is 723. The number of hydrogen-bond donors (Lipinski definition) is 0. The molecule has 0 radical (unpaired) electrons. The average molecular weight is 323 g/mol. The van der Waals surface area contributed by atoms with Crippen LogP contribution in [0.4, 0.5) is 0 Å². The van der Waals surface area contributed by atoms with Crippen molar-refractivity contribution in [3.05, 3.63) is 41.6 Å². The van der Waals surface area contributed by atoms with Gasteiger partial charge in [0.2, 0.25) is 11.8 Å². The Kier molecular flexibility index (Phi) is 4.97. The predicted molar refractivity (Wildman–Crippen MR) is 83.1 cm³/mol. The van der Waals surface area contributed by atoms with Crippen molar-refractivity contribution in [2.45, 2.75) is 37.8 Å². The number of hydrogen-bond acceptors (Lipinski definition) is 6. The summed E-state index contributed by atoms with van der Waals surface area (Å²) in [4.78, 5) is 2.40. The van der Waals surface area contributed by atoms with Gasteiger partial charge in [0.1, 0.15) is 0 Å². The minimum absolute atomic E-state index is 0.102. The summed E-state index contributed by atoms with van der Waals surface area (Å²) in [5.74, 6) is 1.22. The molecule has 0 saturated carbocycles. The molecule has 2 rings (SSSR count). The summed E-state index contributed by atoms with van der Waals surface area (Å²) in [7, 11) is -1.20. The van der Waals surface area contributed by atoms with Crippen LogP contribution in [0.3, 0.4) is 0 Å². The molecule has 0 aliphatic heterocycles. The number of aromatic nitrogens is 2. The molecule has 0 bridgehead atoms. The number of benzene rings is 1. The third-order valence-electron chi connectivity index (χ3n) is 3.65. The fourth-order valence-electron chi connectivity index (χ4n) is 2.09. The van der Waals surface area contributed by atoms with E-state index >= 15 is 0 Å². The molecule has 0 spiro atoms. The van der Waals surface area contributed by atoms with Gasteiger partial charge in [0, 0.05) is 18.7 Å². The lowest BCUT2D eigenvalue weighted by atomic mass is 10.1. The monoisotopic (exact) mass is 323 g/mol. The molecule has 1 aromatic carbocycles. The lowest BCUT2D eigenvalue weighted by Gasteiger charge is -2.23. The van der Waals surface area contributed by atoms with Crippen molar-refractivity contribution in [3.8, 4) is 0 Å². The molecule has 7 heteroatoms. The first-order chi connectivity index (χ1) is 10.3. The van der Waals surface area contributed by atoms with Gasteiger partial charge in [0.05, 0.1) is 11.4 Å². The van der Waals surface area contributed by atoms with E-state index in [2.05, 4.69) is 15.1 Å². The van der Waals surface area contributed by atoms with E-state index in [0.717, 1.165) is 12.0 Å². The van der Waals surface area contributed by atoms with Crippen LogP contribution in [0.1, 0.15) is 37.2 Å². The van der Waals surface area contributed by atoms with Crippen molar-refractivity contribution in [1.82, 2.24) is 15.1 Å². The van der Waals surface area contributed by atoms with Crippen LogP contribution < -0.4 is 0 Å². The molecule has 2 aromatic rings. The Labute approximate surface area is 131 Å². The maximum atomic E-state index is 11.5. The lowest BCUT2D eigenvalue weighted by Crippen LogP contribution is -2.22. The summed E-state index contributed by atoms with van der Waals surface area (Å²) in [5.41, 5.74) is 1.03.